The first kappa shape index (κ1) is 12.9. The topological polar surface area (TPSA) is 42.4 Å². The Morgan fingerprint density at radius 3 is 2.72 bits per heavy atom. The summed E-state index contributed by atoms with van der Waals surface area (Å²) in [6.07, 6.45) is 6.40. The van der Waals surface area contributed by atoms with Crippen LogP contribution in [0.25, 0.3) is 0 Å². The van der Waals surface area contributed by atoms with Gasteiger partial charge in [0.2, 0.25) is 0 Å². The van der Waals surface area contributed by atoms with Gasteiger partial charge in [0, 0.05) is 19.3 Å². The van der Waals surface area contributed by atoms with Gasteiger partial charge in [-0.25, -0.2) is 0 Å². The molecule has 4 heteroatoms. The van der Waals surface area contributed by atoms with Gasteiger partial charge in [-0.2, -0.15) is 0 Å². The van der Waals surface area contributed by atoms with E-state index in [1.165, 1.54) is 12.8 Å². The summed E-state index contributed by atoms with van der Waals surface area (Å²) < 4.78 is 5.54. The highest BCUT2D eigenvalue weighted by Gasteiger charge is 2.16. The first-order chi connectivity index (χ1) is 8.77. The van der Waals surface area contributed by atoms with Gasteiger partial charge in [-0.15, -0.1) is 0 Å². The fourth-order valence-corrected chi connectivity index (χ4v) is 2.17. The van der Waals surface area contributed by atoms with E-state index in [1.807, 2.05) is 24.0 Å². The summed E-state index contributed by atoms with van der Waals surface area (Å²) in [6.45, 7) is 3.74. The second kappa shape index (κ2) is 6.38. The first-order valence-corrected chi connectivity index (χ1v) is 6.59. The molecule has 1 aliphatic rings. The highest BCUT2D eigenvalue weighted by Crippen LogP contribution is 2.14. The molecule has 1 amide bonds. The summed E-state index contributed by atoms with van der Waals surface area (Å²) in [5, 5.41) is 0. The number of carbonyl (C=O) groups excluding carboxylic acids is 1. The second-order valence-electron chi connectivity index (χ2n) is 4.67. The molecule has 1 aromatic heterocycles. The number of aromatic nitrogens is 1. The Labute approximate surface area is 108 Å². The molecule has 18 heavy (non-hydrogen) atoms. The molecule has 0 aromatic carbocycles. The van der Waals surface area contributed by atoms with Crippen molar-refractivity contribution in [3.05, 3.63) is 24.0 Å². The Morgan fingerprint density at radius 1 is 1.33 bits per heavy atom. The van der Waals surface area contributed by atoms with Gasteiger partial charge in [0.05, 0.1) is 5.69 Å². The van der Waals surface area contributed by atoms with Crippen molar-refractivity contribution < 1.29 is 9.53 Å². The third-order valence-electron chi connectivity index (χ3n) is 3.27. The van der Waals surface area contributed by atoms with E-state index in [-0.39, 0.29) is 12.5 Å². The van der Waals surface area contributed by atoms with Crippen LogP contribution in [0.3, 0.4) is 0 Å². The summed E-state index contributed by atoms with van der Waals surface area (Å²) in [7, 11) is 0. The summed E-state index contributed by atoms with van der Waals surface area (Å²) in [6, 6.07) is 3.66. The minimum Gasteiger partial charge on any atom is -0.482 e. The minimum absolute atomic E-state index is 0.0835. The molecule has 0 bridgehead atoms. The van der Waals surface area contributed by atoms with E-state index in [0.29, 0.717) is 5.75 Å². The summed E-state index contributed by atoms with van der Waals surface area (Å²) in [5.74, 6) is 0.779. The van der Waals surface area contributed by atoms with Crippen LogP contribution in [0.2, 0.25) is 0 Å². The number of likely N-dealkylation sites (tertiary alicyclic amines) is 1. The number of carbonyl (C=O) groups is 1. The van der Waals surface area contributed by atoms with Crippen LogP contribution in [-0.4, -0.2) is 35.5 Å². The van der Waals surface area contributed by atoms with E-state index >= 15 is 0 Å². The van der Waals surface area contributed by atoms with Crippen molar-refractivity contribution in [2.45, 2.75) is 32.6 Å². The van der Waals surface area contributed by atoms with Crippen LogP contribution >= 0.6 is 0 Å². The molecule has 1 aromatic rings. The quantitative estimate of drug-likeness (QED) is 0.823. The van der Waals surface area contributed by atoms with Gasteiger partial charge in [-0.3, -0.25) is 9.78 Å². The number of hydrogen-bond acceptors (Lipinski definition) is 3. The zero-order valence-corrected chi connectivity index (χ0v) is 10.9. The molecule has 0 spiro atoms. The molecule has 0 radical (unpaired) electrons. The molecule has 0 saturated carbocycles. The Bertz CT molecular complexity index is 399. The van der Waals surface area contributed by atoms with Gasteiger partial charge in [0.25, 0.3) is 5.91 Å². The van der Waals surface area contributed by atoms with E-state index in [1.54, 1.807) is 6.20 Å². The highest BCUT2D eigenvalue weighted by atomic mass is 16.5. The summed E-state index contributed by atoms with van der Waals surface area (Å²) in [5.41, 5.74) is 0.821. The maximum absolute atomic E-state index is 12.0. The standard InChI is InChI=1S/C14H20N2O2/c1-12-13(7-6-8-15-12)18-11-14(17)16-9-4-2-3-5-10-16/h6-8H,2-5,9-11H2,1H3. The SMILES string of the molecule is Cc1ncccc1OCC(=O)N1CCCCCC1. The van der Waals surface area contributed by atoms with Crippen LogP contribution < -0.4 is 4.74 Å². The summed E-state index contributed by atoms with van der Waals surface area (Å²) >= 11 is 0. The van der Waals surface area contributed by atoms with E-state index in [4.69, 9.17) is 4.74 Å². The van der Waals surface area contributed by atoms with Crippen molar-refractivity contribution in [3.63, 3.8) is 0 Å². The first-order valence-electron chi connectivity index (χ1n) is 6.59. The Hall–Kier alpha value is -1.58. The van der Waals surface area contributed by atoms with Gasteiger partial charge in [-0.1, -0.05) is 12.8 Å². The monoisotopic (exact) mass is 248 g/mol. The number of ether oxygens (including phenoxy) is 1. The molecular formula is C14H20N2O2. The normalized spacial score (nSPS) is 16.2. The van der Waals surface area contributed by atoms with Crippen LogP contribution in [0, 0.1) is 6.92 Å². The lowest BCUT2D eigenvalue weighted by Crippen LogP contribution is -2.35. The fourth-order valence-electron chi connectivity index (χ4n) is 2.17. The minimum atomic E-state index is 0.0835. The van der Waals surface area contributed by atoms with Gasteiger partial charge in [0.1, 0.15) is 5.75 Å². The number of amides is 1. The fraction of sp³-hybridized carbons (Fsp3) is 0.571. The molecule has 0 N–H and O–H groups in total. The number of pyridine rings is 1. The van der Waals surface area contributed by atoms with Gasteiger partial charge in [0.15, 0.2) is 6.61 Å². The predicted molar refractivity (Wildman–Crippen MR) is 69.5 cm³/mol. The van der Waals surface area contributed by atoms with Crippen LogP contribution in [0.5, 0.6) is 5.75 Å². The molecule has 98 valence electrons. The third kappa shape index (κ3) is 3.45. The average molecular weight is 248 g/mol. The number of aryl methyl sites for hydroxylation is 1. The molecule has 1 saturated heterocycles. The third-order valence-corrected chi connectivity index (χ3v) is 3.27. The van der Waals surface area contributed by atoms with E-state index in [0.717, 1.165) is 31.6 Å². The number of hydrogen-bond donors (Lipinski definition) is 0. The zero-order valence-electron chi connectivity index (χ0n) is 10.9. The predicted octanol–water partition coefficient (Wildman–Crippen LogP) is 2.17. The lowest BCUT2D eigenvalue weighted by atomic mass is 10.2. The molecule has 2 heterocycles. The van der Waals surface area contributed by atoms with Crippen LogP contribution in [0.4, 0.5) is 0 Å². The Kier molecular flexibility index (Phi) is 4.56. The van der Waals surface area contributed by atoms with Gasteiger partial charge in [-0.05, 0) is 31.9 Å². The van der Waals surface area contributed by atoms with Crippen molar-refractivity contribution in [3.8, 4) is 5.75 Å². The highest BCUT2D eigenvalue weighted by molar-refractivity contribution is 5.77. The maximum atomic E-state index is 12.0. The lowest BCUT2D eigenvalue weighted by molar-refractivity contribution is -0.133. The van der Waals surface area contributed by atoms with E-state index in [9.17, 15) is 4.79 Å². The number of nitrogens with zero attached hydrogens (tertiary/aromatic N) is 2. The Balaban J connectivity index is 1.86. The average Bonchev–Trinajstić information content (AvgIpc) is 2.66. The Morgan fingerprint density at radius 2 is 2.06 bits per heavy atom. The van der Waals surface area contributed by atoms with Crippen LogP contribution in [0.15, 0.2) is 18.3 Å². The van der Waals surface area contributed by atoms with Crippen LogP contribution in [0.1, 0.15) is 31.4 Å². The summed E-state index contributed by atoms with van der Waals surface area (Å²) in [4.78, 5) is 18.1. The van der Waals surface area contributed by atoms with Crippen molar-refractivity contribution in [2.24, 2.45) is 0 Å². The molecule has 2 rings (SSSR count). The van der Waals surface area contributed by atoms with E-state index in [2.05, 4.69) is 4.98 Å². The van der Waals surface area contributed by atoms with E-state index < -0.39 is 0 Å². The molecule has 1 aliphatic heterocycles. The van der Waals surface area contributed by atoms with Crippen molar-refractivity contribution in [2.75, 3.05) is 19.7 Å². The molecule has 4 nitrogen and oxygen atoms in total. The molecule has 1 fully saturated rings. The number of rotatable bonds is 3. The molecule has 0 unspecified atom stereocenters. The van der Waals surface area contributed by atoms with Crippen LogP contribution in [-0.2, 0) is 4.79 Å². The second-order valence-corrected chi connectivity index (χ2v) is 4.67. The van der Waals surface area contributed by atoms with Gasteiger partial charge < -0.3 is 9.64 Å². The molecular weight excluding hydrogens is 228 g/mol. The smallest absolute Gasteiger partial charge is 0.260 e. The van der Waals surface area contributed by atoms with Crippen molar-refractivity contribution in [1.82, 2.24) is 9.88 Å². The molecule has 0 aliphatic carbocycles. The molecule has 0 atom stereocenters. The van der Waals surface area contributed by atoms with Crippen molar-refractivity contribution in [1.29, 1.82) is 0 Å². The lowest BCUT2D eigenvalue weighted by Gasteiger charge is -2.20. The largest absolute Gasteiger partial charge is 0.482 e. The zero-order chi connectivity index (χ0) is 12.8. The van der Waals surface area contributed by atoms with Gasteiger partial charge >= 0.3 is 0 Å². The maximum Gasteiger partial charge on any atom is 0.260 e. The van der Waals surface area contributed by atoms with Crippen molar-refractivity contribution >= 4 is 5.91 Å².